The number of sulfonamides is 1. The number of rotatable bonds is 13. The van der Waals surface area contributed by atoms with Crippen LogP contribution in [-0.2, 0) is 26.2 Å². The molecule has 0 radical (unpaired) electrons. The molecule has 0 saturated carbocycles. The Bertz CT molecular complexity index is 1520. The minimum atomic E-state index is -4.30. The maximum absolute atomic E-state index is 14.1. The average molecular weight is 655 g/mol. The summed E-state index contributed by atoms with van der Waals surface area (Å²) in [4.78, 5) is 28.5. The van der Waals surface area contributed by atoms with Gasteiger partial charge < -0.3 is 15.0 Å². The van der Waals surface area contributed by atoms with E-state index in [0.29, 0.717) is 22.2 Å². The molecule has 3 aromatic carbocycles. The Balaban J connectivity index is 2.09. The van der Waals surface area contributed by atoms with Crippen LogP contribution in [0.4, 0.5) is 5.69 Å². The van der Waals surface area contributed by atoms with Gasteiger partial charge in [-0.05, 0) is 68.3 Å². The summed E-state index contributed by atoms with van der Waals surface area (Å²) in [5.41, 5.74) is 1.48. The van der Waals surface area contributed by atoms with E-state index < -0.39 is 28.5 Å². The van der Waals surface area contributed by atoms with Gasteiger partial charge in [0.15, 0.2) is 0 Å². The molecule has 0 aliphatic rings. The number of hydrogen-bond acceptors (Lipinski definition) is 5. The maximum atomic E-state index is 14.1. The molecule has 0 aliphatic heterocycles. The monoisotopic (exact) mass is 653 g/mol. The van der Waals surface area contributed by atoms with E-state index >= 15 is 0 Å². The summed E-state index contributed by atoms with van der Waals surface area (Å²) in [7, 11) is -2.90. The van der Waals surface area contributed by atoms with Crippen molar-refractivity contribution in [1.82, 2.24) is 10.2 Å². The van der Waals surface area contributed by atoms with Crippen LogP contribution in [0.25, 0.3) is 0 Å². The highest BCUT2D eigenvalue weighted by Gasteiger charge is 2.34. The second kappa shape index (κ2) is 15.0. The second-order valence-electron chi connectivity index (χ2n) is 9.72. The molecule has 0 fully saturated rings. The van der Waals surface area contributed by atoms with Crippen molar-refractivity contribution in [3.8, 4) is 5.75 Å². The van der Waals surface area contributed by atoms with E-state index in [1.807, 2.05) is 13.8 Å². The first kappa shape index (κ1) is 33.5. The number of hydrogen-bond donors (Lipinski definition) is 1. The molecule has 226 valence electrons. The summed E-state index contributed by atoms with van der Waals surface area (Å²) in [5.74, 6) is -0.826. The number of carbonyl (C=O) groups excluding carboxylic acids is 2. The van der Waals surface area contributed by atoms with Gasteiger partial charge in [0.25, 0.3) is 10.0 Å². The van der Waals surface area contributed by atoms with E-state index in [-0.39, 0.29) is 33.8 Å². The zero-order valence-electron chi connectivity index (χ0n) is 23.9. The molecule has 0 bridgehead atoms. The molecule has 0 aromatic heterocycles. The van der Waals surface area contributed by atoms with Crippen LogP contribution in [0.15, 0.2) is 65.6 Å². The van der Waals surface area contributed by atoms with Crippen LogP contribution in [0.1, 0.15) is 37.8 Å². The van der Waals surface area contributed by atoms with Crippen LogP contribution in [0.3, 0.4) is 0 Å². The predicted octanol–water partition coefficient (Wildman–Crippen LogP) is 6.49. The number of nitrogens with one attached hydrogen (secondary N) is 1. The number of carbonyl (C=O) groups is 2. The van der Waals surface area contributed by atoms with E-state index in [2.05, 4.69) is 5.32 Å². The minimum Gasteiger partial charge on any atom is -0.495 e. The molecular weight excluding hydrogens is 621 g/mol. The number of benzene rings is 3. The van der Waals surface area contributed by atoms with Crippen LogP contribution < -0.4 is 14.4 Å². The Morgan fingerprint density at radius 1 is 0.976 bits per heavy atom. The molecule has 0 aliphatic carbocycles. The number of unbranched alkanes of at least 4 members (excludes halogenated alkanes) is 1. The molecule has 12 heteroatoms. The number of halogens is 3. The number of nitrogens with zero attached hydrogens (tertiary/aromatic N) is 2. The lowest BCUT2D eigenvalue weighted by molar-refractivity contribution is -0.139. The summed E-state index contributed by atoms with van der Waals surface area (Å²) >= 11 is 18.8. The Labute approximate surface area is 262 Å². The number of aryl methyl sites for hydroxylation is 1. The van der Waals surface area contributed by atoms with Crippen LogP contribution >= 0.6 is 34.8 Å². The van der Waals surface area contributed by atoms with Gasteiger partial charge in [-0.2, -0.15) is 0 Å². The van der Waals surface area contributed by atoms with Crippen LogP contribution in [-0.4, -0.2) is 51.4 Å². The Morgan fingerprint density at radius 2 is 1.62 bits per heavy atom. The highest BCUT2D eigenvalue weighted by Crippen LogP contribution is 2.35. The van der Waals surface area contributed by atoms with E-state index in [0.717, 1.165) is 22.7 Å². The molecule has 3 rings (SSSR count). The van der Waals surface area contributed by atoms with Gasteiger partial charge in [0.2, 0.25) is 11.8 Å². The van der Waals surface area contributed by atoms with Gasteiger partial charge in [0.1, 0.15) is 18.3 Å². The van der Waals surface area contributed by atoms with Crippen molar-refractivity contribution in [2.75, 3.05) is 24.5 Å². The third kappa shape index (κ3) is 8.31. The lowest BCUT2D eigenvalue weighted by Crippen LogP contribution is -2.51. The zero-order valence-corrected chi connectivity index (χ0v) is 26.9. The fourth-order valence-corrected chi connectivity index (χ4v) is 6.21. The second-order valence-corrected chi connectivity index (χ2v) is 12.9. The SMILES string of the molecule is CCCCNC(=O)[C@H](C)N(Cc1ccc(Cl)cc1Cl)C(=O)CN(c1cc(Cl)ccc1OC)S(=O)(=O)c1ccc(C)cc1. The number of ether oxygens (including phenoxy) is 1. The third-order valence-corrected chi connectivity index (χ3v) is 9.25. The molecule has 0 heterocycles. The number of amides is 2. The van der Waals surface area contributed by atoms with Gasteiger partial charge in [0.05, 0.1) is 17.7 Å². The molecule has 1 N–H and O–H groups in total. The third-order valence-electron chi connectivity index (χ3n) is 6.65. The highest BCUT2D eigenvalue weighted by molar-refractivity contribution is 7.92. The van der Waals surface area contributed by atoms with Crippen molar-refractivity contribution in [2.45, 2.75) is 51.1 Å². The van der Waals surface area contributed by atoms with E-state index in [9.17, 15) is 18.0 Å². The molecule has 0 unspecified atom stereocenters. The standard InChI is InChI=1S/C30H34Cl3N3O5S/c1-5-6-15-34-30(38)21(3)35(18-22-9-10-23(31)16-26(22)33)29(37)19-36(27-17-24(32)11-14-28(27)41-4)42(39,40)25-12-7-20(2)8-13-25/h7-14,16-17,21H,5-6,15,18-19H2,1-4H3,(H,34,38)/t21-/m0/s1. The van der Waals surface area contributed by atoms with E-state index in [1.165, 1.54) is 42.3 Å². The smallest absolute Gasteiger partial charge is 0.264 e. The van der Waals surface area contributed by atoms with E-state index in [1.54, 1.807) is 37.3 Å². The van der Waals surface area contributed by atoms with Crippen molar-refractivity contribution >= 4 is 62.3 Å². The number of anilines is 1. The van der Waals surface area contributed by atoms with Crippen LogP contribution in [0.5, 0.6) is 5.75 Å². The summed E-state index contributed by atoms with van der Waals surface area (Å²) < 4.78 is 34.5. The zero-order chi connectivity index (χ0) is 31.0. The molecular formula is C30H34Cl3N3O5S. The van der Waals surface area contributed by atoms with Gasteiger partial charge >= 0.3 is 0 Å². The van der Waals surface area contributed by atoms with Gasteiger partial charge in [-0.3, -0.25) is 13.9 Å². The Kier molecular flexibility index (Phi) is 11.9. The highest BCUT2D eigenvalue weighted by atomic mass is 35.5. The number of methoxy groups -OCH3 is 1. The van der Waals surface area contributed by atoms with Crippen LogP contribution in [0, 0.1) is 6.92 Å². The average Bonchev–Trinajstić information content (AvgIpc) is 2.95. The molecule has 2 amide bonds. The van der Waals surface area contributed by atoms with Crippen LogP contribution in [0.2, 0.25) is 15.1 Å². The first-order valence-electron chi connectivity index (χ1n) is 13.3. The van der Waals surface area contributed by atoms with Gasteiger partial charge in [0, 0.05) is 28.2 Å². The van der Waals surface area contributed by atoms with Gasteiger partial charge in [-0.1, -0.05) is 71.9 Å². The van der Waals surface area contributed by atoms with E-state index in [4.69, 9.17) is 39.5 Å². The van der Waals surface area contributed by atoms with Gasteiger partial charge in [-0.25, -0.2) is 8.42 Å². The largest absolute Gasteiger partial charge is 0.495 e. The Hall–Kier alpha value is -2.98. The van der Waals surface area contributed by atoms with Crippen molar-refractivity contribution in [3.05, 3.63) is 86.9 Å². The fourth-order valence-electron chi connectivity index (χ4n) is 4.16. The predicted molar refractivity (Wildman–Crippen MR) is 168 cm³/mol. The Morgan fingerprint density at radius 3 is 2.24 bits per heavy atom. The maximum Gasteiger partial charge on any atom is 0.264 e. The van der Waals surface area contributed by atoms with Crippen molar-refractivity contribution in [1.29, 1.82) is 0 Å². The fraction of sp³-hybridized carbons (Fsp3) is 0.333. The molecule has 42 heavy (non-hydrogen) atoms. The normalized spacial score (nSPS) is 12.0. The first-order chi connectivity index (χ1) is 19.9. The van der Waals surface area contributed by atoms with Crippen molar-refractivity contribution in [2.24, 2.45) is 0 Å². The first-order valence-corrected chi connectivity index (χ1v) is 15.9. The molecule has 1 atom stereocenters. The minimum absolute atomic E-state index is 0.0272. The summed E-state index contributed by atoms with van der Waals surface area (Å²) in [6.45, 7) is 5.15. The molecule has 3 aromatic rings. The van der Waals surface area contributed by atoms with Gasteiger partial charge in [-0.15, -0.1) is 0 Å². The molecule has 0 spiro atoms. The topological polar surface area (TPSA) is 96.0 Å². The van der Waals surface area contributed by atoms with Crippen molar-refractivity contribution in [3.63, 3.8) is 0 Å². The van der Waals surface area contributed by atoms with Crippen molar-refractivity contribution < 1.29 is 22.7 Å². The quantitative estimate of drug-likeness (QED) is 0.213. The molecule has 8 nitrogen and oxygen atoms in total. The molecule has 0 saturated heterocycles. The lowest BCUT2D eigenvalue weighted by atomic mass is 10.1. The summed E-state index contributed by atoms with van der Waals surface area (Å²) in [6, 6.07) is 14.6. The lowest BCUT2D eigenvalue weighted by Gasteiger charge is -2.32. The summed E-state index contributed by atoms with van der Waals surface area (Å²) in [5, 5.41) is 3.81. The summed E-state index contributed by atoms with van der Waals surface area (Å²) in [6.07, 6.45) is 1.65.